The molecule has 1 heterocycles. The van der Waals surface area contributed by atoms with Crippen LogP contribution in [0.4, 0.5) is 0 Å². The molecule has 1 amide bonds. The van der Waals surface area contributed by atoms with E-state index in [9.17, 15) is 9.59 Å². The number of hydrogen-bond donors (Lipinski definition) is 2. The van der Waals surface area contributed by atoms with Gasteiger partial charge in [0.1, 0.15) is 0 Å². The number of hydrogen-bond acceptors (Lipinski definition) is 3. The number of benzene rings is 1. The van der Waals surface area contributed by atoms with Gasteiger partial charge < -0.3 is 15.1 Å². The fourth-order valence-corrected chi connectivity index (χ4v) is 2.50. The van der Waals surface area contributed by atoms with Crippen molar-refractivity contribution in [3.05, 3.63) is 35.4 Å². The highest BCUT2D eigenvalue weighted by Gasteiger charge is 2.29. The van der Waals surface area contributed by atoms with Gasteiger partial charge >= 0.3 is 5.97 Å². The molecular weight excluding hydrogens is 246 g/mol. The predicted octanol–water partition coefficient (Wildman–Crippen LogP) is 1.37. The molecule has 0 spiro atoms. The number of carboxylic acids is 1. The Morgan fingerprint density at radius 1 is 1.32 bits per heavy atom. The van der Waals surface area contributed by atoms with Crippen LogP contribution >= 0.6 is 0 Å². The van der Waals surface area contributed by atoms with Crippen LogP contribution in [0, 0.1) is 0 Å². The van der Waals surface area contributed by atoms with Gasteiger partial charge in [0.2, 0.25) is 0 Å². The van der Waals surface area contributed by atoms with Crippen LogP contribution in [-0.4, -0.2) is 46.2 Å². The van der Waals surface area contributed by atoms with Crippen molar-refractivity contribution in [1.29, 1.82) is 0 Å². The summed E-state index contributed by atoms with van der Waals surface area (Å²) < 4.78 is 0. The van der Waals surface area contributed by atoms with Crippen molar-refractivity contribution in [1.82, 2.24) is 4.90 Å². The predicted molar refractivity (Wildman–Crippen MR) is 69.2 cm³/mol. The average molecular weight is 263 g/mol. The van der Waals surface area contributed by atoms with E-state index in [4.69, 9.17) is 10.2 Å². The highest BCUT2D eigenvalue weighted by molar-refractivity contribution is 5.97. The normalized spacial score (nSPS) is 18.6. The van der Waals surface area contributed by atoms with Gasteiger partial charge in [0.15, 0.2) is 0 Å². The van der Waals surface area contributed by atoms with Gasteiger partial charge in [-0.1, -0.05) is 6.07 Å². The lowest BCUT2D eigenvalue weighted by molar-refractivity contribution is 0.0697. The first-order chi connectivity index (χ1) is 9.13. The molecule has 5 heteroatoms. The number of nitrogens with zero attached hydrogens (tertiary/aromatic N) is 1. The number of aromatic carboxylic acids is 1. The summed E-state index contributed by atoms with van der Waals surface area (Å²) in [6.07, 6.45) is 2.39. The van der Waals surface area contributed by atoms with E-state index in [1.54, 1.807) is 17.0 Å². The minimum Gasteiger partial charge on any atom is -0.478 e. The van der Waals surface area contributed by atoms with Gasteiger partial charge in [-0.15, -0.1) is 0 Å². The van der Waals surface area contributed by atoms with Crippen molar-refractivity contribution >= 4 is 11.9 Å². The molecule has 0 aromatic heterocycles. The molecule has 0 radical (unpaired) electrons. The highest BCUT2D eigenvalue weighted by atomic mass is 16.4. The summed E-state index contributed by atoms with van der Waals surface area (Å²) in [4.78, 5) is 25.0. The molecule has 1 aliphatic heterocycles. The largest absolute Gasteiger partial charge is 0.478 e. The average Bonchev–Trinajstić information content (AvgIpc) is 2.86. The summed E-state index contributed by atoms with van der Waals surface area (Å²) in [7, 11) is 0. The Kier molecular flexibility index (Phi) is 4.16. The van der Waals surface area contributed by atoms with E-state index in [-0.39, 0.29) is 24.1 Å². The molecule has 0 bridgehead atoms. The Hall–Kier alpha value is -1.88. The number of rotatable bonds is 4. The number of carboxylic acid groups (broad SMARTS) is 1. The summed E-state index contributed by atoms with van der Waals surface area (Å²) in [6, 6.07) is 6.13. The third-order valence-electron chi connectivity index (χ3n) is 3.46. The van der Waals surface area contributed by atoms with Crippen molar-refractivity contribution in [3.8, 4) is 0 Å². The summed E-state index contributed by atoms with van der Waals surface area (Å²) in [6.45, 7) is 0.727. The van der Waals surface area contributed by atoms with E-state index in [2.05, 4.69) is 0 Å². The number of amides is 1. The zero-order valence-electron chi connectivity index (χ0n) is 10.6. The maximum Gasteiger partial charge on any atom is 0.335 e. The number of likely N-dealkylation sites (tertiary alicyclic amines) is 1. The number of carbonyl (C=O) groups is 2. The first kappa shape index (κ1) is 13.5. The summed E-state index contributed by atoms with van der Waals surface area (Å²) in [5.74, 6) is -1.19. The second-order valence-electron chi connectivity index (χ2n) is 4.69. The number of carbonyl (C=O) groups excluding carboxylic acids is 1. The Bertz CT molecular complexity index is 486. The first-order valence-electron chi connectivity index (χ1n) is 6.38. The highest BCUT2D eigenvalue weighted by Crippen LogP contribution is 2.22. The molecule has 1 aromatic rings. The molecule has 0 aliphatic carbocycles. The van der Waals surface area contributed by atoms with Gasteiger partial charge in [-0.2, -0.15) is 0 Å². The SMILES string of the molecule is O=C(O)c1cccc(C(=O)N2CCCC2CCO)c1. The van der Waals surface area contributed by atoms with Gasteiger partial charge in [0, 0.05) is 24.8 Å². The fraction of sp³-hybridized carbons (Fsp3) is 0.429. The lowest BCUT2D eigenvalue weighted by atomic mass is 10.1. The molecule has 2 rings (SSSR count). The number of aliphatic hydroxyl groups is 1. The van der Waals surface area contributed by atoms with Crippen LogP contribution in [0.15, 0.2) is 24.3 Å². The smallest absolute Gasteiger partial charge is 0.335 e. The second-order valence-corrected chi connectivity index (χ2v) is 4.69. The van der Waals surface area contributed by atoms with Gasteiger partial charge in [0.25, 0.3) is 5.91 Å². The van der Waals surface area contributed by atoms with Gasteiger partial charge in [0.05, 0.1) is 5.56 Å². The van der Waals surface area contributed by atoms with E-state index in [1.807, 2.05) is 0 Å². The molecular formula is C14H17NO4. The molecule has 1 fully saturated rings. The van der Waals surface area contributed by atoms with Crippen LogP contribution in [0.5, 0.6) is 0 Å². The van der Waals surface area contributed by atoms with Gasteiger partial charge in [-0.3, -0.25) is 4.79 Å². The lowest BCUT2D eigenvalue weighted by Crippen LogP contribution is -2.36. The van der Waals surface area contributed by atoms with Crippen LogP contribution in [0.3, 0.4) is 0 Å². The maximum absolute atomic E-state index is 12.4. The third-order valence-corrected chi connectivity index (χ3v) is 3.46. The Morgan fingerprint density at radius 2 is 2.05 bits per heavy atom. The standard InChI is InChI=1S/C14H17NO4/c16-8-6-12-5-2-7-15(12)13(17)10-3-1-4-11(9-10)14(18)19/h1,3-4,9,12,16H,2,5-8H2,(H,18,19). The summed E-state index contributed by atoms with van der Waals surface area (Å²) >= 11 is 0. The molecule has 0 saturated carbocycles. The topological polar surface area (TPSA) is 77.8 Å². The summed E-state index contributed by atoms with van der Waals surface area (Å²) in [5.41, 5.74) is 0.508. The molecule has 19 heavy (non-hydrogen) atoms. The molecule has 1 aromatic carbocycles. The van der Waals surface area contributed by atoms with E-state index >= 15 is 0 Å². The van der Waals surface area contributed by atoms with E-state index in [1.165, 1.54) is 12.1 Å². The molecule has 102 valence electrons. The first-order valence-corrected chi connectivity index (χ1v) is 6.38. The second kappa shape index (κ2) is 5.84. The number of aliphatic hydroxyl groups excluding tert-OH is 1. The zero-order chi connectivity index (χ0) is 13.8. The van der Waals surface area contributed by atoms with Crippen LogP contribution in [0.1, 0.15) is 40.0 Å². The van der Waals surface area contributed by atoms with Crippen molar-refractivity contribution in [3.63, 3.8) is 0 Å². The minimum absolute atomic E-state index is 0.0591. The fourth-order valence-electron chi connectivity index (χ4n) is 2.50. The van der Waals surface area contributed by atoms with Crippen LogP contribution in [0.25, 0.3) is 0 Å². The summed E-state index contributed by atoms with van der Waals surface area (Å²) in [5, 5.41) is 17.9. The molecule has 5 nitrogen and oxygen atoms in total. The Balaban J connectivity index is 2.19. The van der Waals surface area contributed by atoms with Crippen molar-refractivity contribution in [2.45, 2.75) is 25.3 Å². The van der Waals surface area contributed by atoms with Crippen LogP contribution < -0.4 is 0 Å². The molecule has 1 atom stereocenters. The van der Waals surface area contributed by atoms with Gasteiger partial charge in [-0.25, -0.2) is 4.79 Å². The monoisotopic (exact) mass is 263 g/mol. The van der Waals surface area contributed by atoms with Crippen molar-refractivity contribution in [2.75, 3.05) is 13.2 Å². The third kappa shape index (κ3) is 2.93. The van der Waals surface area contributed by atoms with Crippen LogP contribution in [-0.2, 0) is 0 Å². The zero-order valence-corrected chi connectivity index (χ0v) is 10.6. The molecule has 1 unspecified atom stereocenters. The maximum atomic E-state index is 12.4. The van der Waals surface area contributed by atoms with Gasteiger partial charge in [-0.05, 0) is 37.5 Å². The quantitative estimate of drug-likeness (QED) is 0.860. The van der Waals surface area contributed by atoms with Crippen molar-refractivity contribution in [2.24, 2.45) is 0 Å². The molecule has 1 aliphatic rings. The lowest BCUT2D eigenvalue weighted by Gasteiger charge is -2.24. The van der Waals surface area contributed by atoms with E-state index in [0.29, 0.717) is 18.5 Å². The Morgan fingerprint density at radius 3 is 2.74 bits per heavy atom. The van der Waals surface area contributed by atoms with E-state index < -0.39 is 5.97 Å². The molecule has 1 saturated heterocycles. The van der Waals surface area contributed by atoms with Crippen molar-refractivity contribution < 1.29 is 19.8 Å². The van der Waals surface area contributed by atoms with Crippen LogP contribution in [0.2, 0.25) is 0 Å². The molecule has 2 N–H and O–H groups in total. The van der Waals surface area contributed by atoms with E-state index in [0.717, 1.165) is 12.8 Å². The Labute approximate surface area is 111 Å². The minimum atomic E-state index is -1.04.